The first-order valence-corrected chi connectivity index (χ1v) is 7.12. The molecule has 0 heterocycles. The van der Waals surface area contributed by atoms with E-state index in [9.17, 15) is 14.3 Å². The zero-order valence-electron chi connectivity index (χ0n) is 10.7. The van der Waals surface area contributed by atoms with Crippen LogP contribution in [0.5, 0.6) is 0 Å². The van der Waals surface area contributed by atoms with Crippen molar-refractivity contribution in [2.45, 2.75) is 32.2 Å². The topological polar surface area (TPSA) is 49.3 Å². The summed E-state index contributed by atoms with van der Waals surface area (Å²) >= 11 is 3.16. The molecule has 0 radical (unpaired) electrons. The summed E-state index contributed by atoms with van der Waals surface area (Å²) < 4.78 is 14.3. The molecular formula is C14H17BrFNO2. The van der Waals surface area contributed by atoms with Crippen LogP contribution in [0.3, 0.4) is 0 Å². The van der Waals surface area contributed by atoms with Crippen molar-refractivity contribution in [1.82, 2.24) is 5.32 Å². The number of hydrogen-bond acceptors (Lipinski definition) is 2. The Morgan fingerprint density at radius 3 is 3.00 bits per heavy atom. The fourth-order valence-corrected chi connectivity index (χ4v) is 2.91. The second kappa shape index (κ2) is 5.59. The lowest BCUT2D eigenvalue weighted by Crippen LogP contribution is -2.45. The Morgan fingerprint density at radius 2 is 2.37 bits per heavy atom. The van der Waals surface area contributed by atoms with E-state index in [2.05, 4.69) is 21.2 Å². The van der Waals surface area contributed by atoms with Gasteiger partial charge in [0.15, 0.2) is 0 Å². The molecule has 0 aromatic heterocycles. The highest BCUT2D eigenvalue weighted by molar-refractivity contribution is 9.10. The lowest BCUT2D eigenvalue weighted by atomic mass is 9.85. The smallest absolute Gasteiger partial charge is 0.254 e. The molecule has 3 nitrogen and oxygen atoms in total. The molecule has 1 aliphatic carbocycles. The average molecular weight is 330 g/mol. The third-order valence-corrected chi connectivity index (χ3v) is 4.42. The minimum Gasteiger partial charge on any atom is -0.396 e. The van der Waals surface area contributed by atoms with Gasteiger partial charge in [-0.25, -0.2) is 4.39 Å². The number of aliphatic hydroxyl groups excluding tert-OH is 1. The molecule has 1 saturated carbocycles. The predicted molar refractivity (Wildman–Crippen MR) is 74.4 cm³/mol. The summed E-state index contributed by atoms with van der Waals surface area (Å²) in [4.78, 5) is 12.1. The zero-order chi connectivity index (χ0) is 14.0. The molecule has 2 atom stereocenters. The second-order valence-electron chi connectivity index (χ2n) is 5.35. The standard InChI is InChI=1S/C14H17BrFNO2/c1-14(8-18)6-2-3-12(14)17-13(19)10-5-4-9(15)7-11(10)16/h4-5,7,12,18H,2-3,6,8H2,1H3,(H,17,19). The molecule has 1 aromatic carbocycles. The molecule has 2 N–H and O–H groups in total. The van der Waals surface area contributed by atoms with Crippen molar-refractivity contribution in [3.05, 3.63) is 34.1 Å². The molecule has 1 aliphatic rings. The van der Waals surface area contributed by atoms with Crippen molar-refractivity contribution in [3.63, 3.8) is 0 Å². The van der Waals surface area contributed by atoms with E-state index in [-0.39, 0.29) is 23.6 Å². The minimum absolute atomic E-state index is 0.0285. The van der Waals surface area contributed by atoms with Gasteiger partial charge in [-0.05, 0) is 31.0 Å². The first-order chi connectivity index (χ1) is 8.96. The highest BCUT2D eigenvalue weighted by atomic mass is 79.9. The van der Waals surface area contributed by atoms with E-state index >= 15 is 0 Å². The maximum atomic E-state index is 13.7. The average Bonchev–Trinajstić information content (AvgIpc) is 2.71. The Labute approximate surface area is 120 Å². The van der Waals surface area contributed by atoms with E-state index in [0.29, 0.717) is 4.47 Å². The molecule has 0 aliphatic heterocycles. The molecule has 2 unspecified atom stereocenters. The van der Waals surface area contributed by atoms with Gasteiger partial charge in [0.2, 0.25) is 0 Å². The second-order valence-corrected chi connectivity index (χ2v) is 6.27. The van der Waals surface area contributed by atoms with Crippen LogP contribution in [0, 0.1) is 11.2 Å². The van der Waals surface area contributed by atoms with E-state index < -0.39 is 11.7 Å². The fourth-order valence-electron chi connectivity index (χ4n) is 2.58. The van der Waals surface area contributed by atoms with Gasteiger partial charge in [-0.1, -0.05) is 29.3 Å². The van der Waals surface area contributed by atoms with Crippen LogP contribution in [0.25, 0.3) is 0 Å². The SMILES string of the molecule is CC1(CO)CCCC1NC(=O)c1ccc(Br)cc1F. The Kier molecular flexibility index (Phi) is 4.26. The molecule has 2 rings (SSSR count). The zero-order valence-corrected chi connectivity index (χ0v) is 12.3. The summed E-state index contributed by atoms with van der Waals surface area (Å²) in [6.07, 6.45) is 2.66. The van der Waals surface area contributed by atoms with Gasteiger partial charge >= 0.3 is 0 Å². The van der Waals surface area contributed by atoms with E-state index in [4.69, 9.17) is 0 Å². The summed E-state index contributed by atoms with van der Waals surface area (Å²) in [5.41, 5.74) is -0.267. The third kappa shape index (κ3) is 2.98. The van der Waals surface area contributed by atoms with Crippen LogP contribution < -0.4 is 5.32 Å². The van der Waals surface area contributed by atoms with Gasteiger partial charge in [-0.15, -0.1) is 0 Å². The van der Waals surface area contributed by atoms with Crippen molar-refractivity contribution < 1.29 is 14.3 Å². The predicted octanol–water partition coefficient (Wildman–Crippen LogP) is 2.87. The molecular weight excluding hydrogens is 313 g/mol. The summed E-state index contributed by atoms with van der Waals surface area (Å²) in [6, 6.07) is 4.26. The van der Waals surface area contributed by atoms with Gasteiger partial charge in [0.25, 0.3) is 5.91 Å². The molecule has 19 heavy (non-hydrogen) atoms. The van der Waals surface area contributed by atoms with Crippen molar-refractivity contribution in [1.29, 1.82) is 0 Å². The number of nitrogens with one attached hydrogen (secondary N) is 1. The van der Waals surface area contributed by atoms with Crippen molar-refractivity contribution in [2.75, 3.05) is 6.61 Å². The highest BCUT2D eigenvalue weighted by Gasteiger charge is 2.39. The van der Waals surface area contributed by atoms with Crippen LogP contribution in [0.15, 0.2) is 22.7 Å². The molecule has 1 amide bonds. The largest absolute Gasteiger partial charge is 0.396 e. The molecule has 5 heteroatoms. The first-order valence-electron chi connectivity index (χ1n) is 6.33. The summed E-state index contributed by atoms with van der Waals surface area (Å²) in [7, 11) is 0. The Morgan fingerprint density at radius 1 is 1.63 bits per heavy atom. The highest BCUT2D eigenvalue weighted by Crippen LogP contribution is 2.37. The van der Waals surface area contributed by atoms with Gasteiger partial charge in [-0.2, -0.15) is 0 Å². The van der Waals surface area contributed by atoms with Gasteiger partial charge in [0, 0.05) is 15.9 Å². The number of hydrogen-bond donors (Lipinski definition) is 2. The van der Waals surface area contributed by atoms with Crippen LogP contribution in [-0.4, -0.2) is 23.7 Å². The molecule has 1 fully saturated rings. The number of aliphatic hydroxyl groups is 1. The van der Waals surface area contributed by atoms with Gasteiger partial charge in [0.1, 0.15) is 5.82 Å². The van der Waals surface area contributed by atoms with Crippen LogP contribution in [0.2, 0.25) is 0 Å². The maximum absolute atomic E-state index is 13.7. The van der Waals surface area contributed by atoms with Crippen molar-refractivity contribution >= 4 is 21.8 Å². The summed E-state index contributed by atoms with van der Waals surface area (Å²) in [6.45, 7) is 1.98. The fraction of sp³-hybridized carbons (Fsp3) is 0.500. The molecule has 0 spiro atoms. The van der Waals surface area contributed by atoms with Gasteiger partial charge in [0.05, 0.1) is 12.2 Å². The van der Waals surface area contributed by atoms with Crippen molar-refractivity contribution in [2.24, 2.45) is 5.41 Å². The number of halogens is 2. The molecule has 0 saturated heterocycles. The molecule has 1 aromatic rings. The minimum atomic E-state index is -0.546. The van der Waals surface area contributed by atoms with Gasteiger partial charge in [-0.3, -0.25) is 4.79 Å². The van der Waals surface area contributed by atoms with E-state index in [1.807, 2.05) is 6.92 Å². The van der Waals surface area contributed by atoms with Crippen LogP contribution >= 0.6 is 15.9 Å². The van der Waals surface area contributed by atoms with Crippen LogP contribution in [0.4, 0.5) is 4.39 Å². The Hall–Kier alpha value is -0.940. The van der Waals surface area contributed by atoms with Gasteiger partial charge < -0.3 is 10.4 Å². The monoisotopic (exact) mass is 329 g/mol. The molecule has 0 bridgehead atoms. The first kappa shape index (κ1) is 14.5. The lowest BCUT2D eigenvalue weighted by molar-refractivity contribution is 0.0827. The Bertz CT molecular complexity index is 494. The van der Waals surface area contributed by atoms with E-state index in [1.54, 1.807) is 6.07 Å². The normalized spacial score (nSPS) is 26.4. The summed E-state index contributed by atoms with van der Waals surface area (Å²) in [5, 5.41) is 12.3. The number of amides is 1. The quantitative estimate of drug-likeness (QED) is 0.895. The molecule has 104 valence electrons. The van der Waals surface area contributed by atoms with Crippen LogP contribution in [0.1, 0.15) is 36.5 Å². The summed E-state index contributed by atoms with van der Waals surface area (Å²) in [5.74, 6) is -0.966. The number of rotatable bonds is 3. The number of carbonyl (C=O) groups is 1. The van der Waals surface area contributed by atoms with E-state index in [0.717, 1.165) is 19.3 Å². The van der Waals surface area contributed by atoms with E-state index in [1.165, 1.54) is 12.1 Å². The Balaban J connectivity index is 2.13. The third-order valence-electron chi connectivity index (χ3n) is 3.92. The number of carbonyl (C=O) groups excluding carboxylic acids is 1. The maximum Gasteiger partial charge on any atom is 0.254 e. The van der Waals surface area contributed by atoms with Crippen LogP contribution in [-0.2, 0) is 0 Å². The lowest BCUT2D eigenvalue weighted by Gasteiger charge is -2.30. The van der Waals surface area contributed by atoms with Crippen molar-refractivity contribution in [3.8, 4) is 0 Å². The number of benzene rings is 1.